The molecule has 0 aliphatic rings. The summed E-state index contributed by atoms with van der Waals surface area (Å²) in [6.07, 6.45) is 0.688. The standard InChI is InChI=1S/C15H18O4/c1-11(2)8-9-13(16)14(17)15(18)19-10-12-6-4-3-5-7-12/h3-7,11H,8-10H2,1-2H3. The normalized spacial score (nSPS) is 10.3. The van der Waals surface area contributed by atoms with E-state index in [2.05, 4.69) is 0 Å². The molecule has 0 fully saturated rings. The lowest BCUT2D eigenvalue weighted by Crippen LogP contribution is -2.26. The Morgan fingerprint density at radius 1 is 1.11 bits per heavy atom. The fraction of sp³-hybridized carbons (Fsp3) is 0.400. The molecule has 0 radical (unpaired) electrons. The van der Waals surface area contributed by atoms with Gasteiger partial charge in [0.05, 0.1) is 0 Å². The van der Waals surface area contributed by atoms with Crippen LogP contribution < -0.4 is 0 Å². The van der Waals surface area contributed by atoms with Crippen molar-refractivity contribution in [2.24, 2.45) is 5.92 Å². The van der Waals surface area contributed by atoms with Gasteiger partial charge in [-0.1, -0.05) is 44.2 Å². The zero-order valence-corrected chi connectivity index (χ0v) is 11.2. The van der Waals surface area contributed by atoms with Crippen LogP contribution in [0.3, 0.4) is 0 Å². The Morgan fingerprint density at radius 3 is 2.32 bits per heavy atom. The fourth-order valence-electron chi connectivity index (χ4n) is 1.44. The molecule has 0 aliphatic heterocycles. The maximum Gasteiger partial charge on any atom is 0.383 e. The quantitative estimate of drug-likeness (QED) is 0.430. The number of ether oxygens (including phenoxy) is 1. The molecule has 102 valence electrons. The molecule has 0 amide bonds. The summed E-state index contributed by atoms with van der Waals surface area (Å²) >= 11 is 0. The van der Waals surface area contributed by atoms with Gasteiger partial charge in [0.25, 0.3) is 0 Å². The van der Waals surface area contributed by atoms with Gasteiger partial charge in [-0.2, -0.15) is 0 Å². The van der Waals surface area contributed by atoms with E-state index in [-0.39, 0.29) is 13.0 Å². The van der Waals surface area contributed by atoms with Crippen LogP contribution >= 0.6 is 0 Å². The van der Waals surface area contributed by atoms with E-state index in [4.69, 9.17) is 4.74 Å². The van der Waals surface area contributed by atoms with E-state index >= 15 is 0 Å². The Labute approximate surface area is 112 Å². The Morgan fingerprint density at radius 2 is 1.74 bits per heavy atom. The van der Waals surface area contributed by atoms with Crippen molar-refractivity contribution in [1.29, 1.82) is 0 Å². The number of hydrogen-bond donors (Lipinski definition) is 0. The van der Waals surface area contributed by atoms with Crippen molar-refractivity contribution in [2.75, 3.05) is 0 Å². The molecular weight excluding hydrogens is 244 g/mol. The Hall–Kier alpha value is -1.97. The zero-order chi connectivity index (χ0) is 14.3. The van der Waals surface area contributed by atoms with E-state index in [9.17, 15) is 14.4 Å². The van der Waals surface area contributed by atoms with Crippen molar-refractivity contribution >= 4 is 17.5 Å². The highest BCUT2D eigenvalue weighted by Gasteiger charge is 2.23. The van der Waals surface area contributed by atoms with E-state index in [0.717, 1.165) is 5.56 Å². The Kier molecular flexibility index (Phi) is 5.93. The van der Waals surface area contributed by atoms with Crippen LogP contribution in [0.15, 0.2) is 30.3 Å². The molecule has 0 spiro atoms. The van der Waals surface area contributed by atoms with Crippen molar-refractivity contribution in [3.8, 4) is 0 Å². The van der Waals surface area contributed by atoms with Crippen molar-refractivity contribution < 1.29 is 19.1 Å². The second kappa shape index (κ2) is 7.46. The Bertz CT molecular complexity index is 448. The van der Waals surface area contributed by atoms with Gasteiger partial charge in [-0.3, -0.25) is 9.59 Å². The van der Waals surface area contributed by atoms with Gasteiger partial charge in [0.1, 0.15) is 6.61 Å². The van der Waals surface area contributed by atoms with Gasteiger partial charge in [-0.15, -0.1) is 0 Å². The average Bonchev–Trinajstić information content (AvgIpc) is 2.42. The topological polar surface area (TPSA) is 60.4 Å². The molecule has 0 atom stereocenters. The summed E-state index contributed by atoms with van der Waals surface area (Å²) in [7, 11) is 0. The van der Waals surface area contributed by atoms with Crippen molar-refractivity contribution in [1.82, 2.24) is 0 Å². The maximum absolute atomic E-state index is 11.5. The minimum Gasteiger partial charge on any atom is -0.455 e. The lowest BCUT2D eigenvalue weighted by atomic mass is 10.0. The number of carbonyl (C=O) groups excluding carboxylic acids is 3. The highest BCUT2D eigenvalue weighted by atomic mass is 16.5. The van der Waals surface area contributed by atoms with Crippen LogP contribution in [-0.2, 0) is 25.7 Å². The van der Waals surface area contributed by atoms with Crippen LogP contribution in [-0.4, -0.2) is 17.5 Å². The third kappa shape index (κ3) is 5.46. The molecule has 0 N–H and O–H groups in total. The molecule has 19 heavy (non-hydrogen) atoms. The van der Waals surface area contributed by atoms with Crippen LogP contribution in [0, 0.1) is 5.92 Å². The molecule has 0 aromatic heterocycles. The number of hydrogen-bond acceptors (Lipinski definition) is 4. The first-order valence-corrected chi connectivity index (χ1v) is 6.29. The van der Waals surface area contributed by atoms with E-state index in [0.29, 0.717) is 12.3 Å². The number of benzene rings is 1. The van der Waals surface area contributed by atoms with Gasteiger partial charge in [0.2, 0.25) is 5.78 Å². The highest BCUT2D eigenvalue weighted by Crippen LogP contribution is 2.05. The van der Waals surface area contributed by atoms with Crippen LogP contribution in [0.1, 0.15) is 32.3 Å². The number of ketones is 2. The van der Waals surface area contributed by atoms with Crippen molar-refractivity contribution in [2.45, 2.75) is 33.3 Å². The summed E-state index contributed by atoms with van der Waals surface area (Å²) in [6.45, 7) is 3.90. The van der Waals surface area contributed by atoms with Gasteiger partial charge in [-0.25, -0.2) is 4.79 Å². The molecule has 0 saturated carbocycles. The molecule has 1 aromatic carbocycles. The Balaban J connectivity index is 2.40. The van der Waals surface area contributed by atoms with Crippen LogP contribution in [0.25, 0.3) is 0 Å². The third-order valence-corrected chi connectivity index (χ3v) is 2.60. The predicted molar refractivity (Wildman–Crippen MR) is 70.3 cm³/mol. The third-order valence-electron chi connectivity index (χ3n) is 2.60. The molecule has 4 nitrogen and oxygen atoms in total. The molecule has 1 aromatic rings. The monoisotopic (exact) mass is 262 g/mol. The molecule has 1 rings (SSSR count). The summed E-state index contributed by atoms with van der Waals surface area (Å²) in [5.41, 5.74) is 0.776. The first-order valence-electron chi connectivity index (χ1n) is 6.29. The first-order chi connectivity index (χ1) is 9.00. The van der Waals surface area contributed by atoms with E-state index in [1.165, 1.54) is 0 Å². The second-order valence-electron chi connectivity index (χ2n) is 4.75. The molecule has 0 bridgehead atoms. The largest absolute Gasteiger partial charge is 0.455 e. The second-order valence-corrected chi connectivity index (χ2v) is 4.75. The molecule has 0 unspecified atom stereocenters. The average molecular weight is 262 g/mol. The van der Waals surface area contributed by atoms with Crippen molar-refractivity contribution in [3.05, 3.63) is 35.9 Å². The first kappa shape index (κ1) is 15.1. The van der Waals surface area contributed by atoms with E-state index < -0.39 is 17.5 Å². The minimum atomic E-state index is -1.07. The predicted octanol–water partition coefficient (Wildman–Crippen LogP) is 2.30. The van der Waals surface area contributed by atoms with Crippen molar-refractivity contribution in [3.63, 3.8) is 0 Å². The summed E-state index contributed by atoms with van der Waals surface area (Å²) in [5, 5.41) is 0. The minimum absolute atomic E-state index is 0.00285. The number of esters is 1. The maximum atomic E-state index is 11.5. The summed E-state index contributed by atoms with van der Waals surface area (Å²) in [5.74, 6) is -2.49. The number of Topliss-reactive ketones (excluding diaryl/α,β-unsaturated/α-hetero) is 2. The summed E-state index contributed by atoms with van der Waals surface area (Å²) in [4.78, 5) is 34.3. The molecular formula is C15H18O4. The molecule has 0 heterocycles. The molecule has 4 heteroatoms. The lowest BCUT2D eigenvalue weighted by molar-refractivity contribution is -0.157. The van der Waals surface area contributed by atoms with Crippen LogP contribution in [0.4, 0.5) is 0 Å². The van der Waals surface area contributed by atoms with E-state index in [1.54, 1.807) is 24.3 Å². The van der Waals surface area contributed by atoms with Gasteiger partial charge in [0.15, 0.2) is 0 Å². The molecule has 0 saturated heterocycles. The van der Waals surface area contributed by atoms with Crippen LogP contribution in [0.5, 0.6) is 0 Å². The highest BCUT2D eigenvalue weighted by molar-refractivity contribution is 6.62. The SMILES string of the molecule is CC(C)CCC(=O)C(=O)C(=O)OCc1ccccc1. The number of rotatable bonds is 7. The summed E-state index contributed by atoms with van der Waals surface area (Å²) < 4.78 is 4.81. The van der Waals surface area contributed by atoms with Gasteiger partial charge in [0, 0.05) is 6.42 Å². The van der Waals surface area contributed by atoms with Gasteiger partial charge < -0.3 is 4.74 Å². The fourth-order valence-corrected chi connectivity index (χ4v) is 1.44. The van der Waals surface area contributed by atoms with Gasteiger partial charge >= 0.3 is 11.8 Å². The van der Waals surface area contributed by atoms with Gasteiger partial charge in [-0.05, 0) is 17.9 Å². The zero-order valence-electron chi connectivity index (χ0n) is 11.2. The number of carbonyl (C=O) groups is 3. The smallest absolute Gasteiger partial charge is 0.383 e. The van der Waals surface area contributed by atoms with E-state index in [1.807, 2.05) is 19.9 Å². The molecule has 0 aliphatic carbocycles. The van der Waals surface area contributed by atoms with Crippen LogP contribution in [0.2, 0.25) is 0 Å². The summed E-state index contributed by atoms with van der Waals surface area (Å²) in [6, 6.07) is 9.00. The lowest BCUT2D eigenvalue weighted by Gasteiger charge is -2.04.